The molecule has 0 atom stereocenters. The minimum absolute atomic E-state index is 0.101. The summed E-state index contributed by atoms with van der Waals surface area (Å²) in [6.07, 6.45) is -3.38. The number of hydrogen-bond acceptors (Lipinski definition) is 3. The summed E-state index contributed by atoms with van der Waals surface area (Å²) >= 11 is 0. The minimum atomic E-state index is -4.41. The molecule has 0 N–H and O–H groups in total. The molecule has 3 nitrogen and oxygen atoms in total. The molecule has 0 spiro atoms. The Kier molecular flexibility index (Phi) is 4.93. The molecule has 1 fully saturated rings. The highest BCUT2D eigenvalue weighted by Crippen LogP contribution is 2.29. The molecular weight excluding hydrogens is 305 g/mol. The monoisotopic (exact) mass is 322 g/mol. The lowest BCUT2D eigenvalue weighted by Crippen LogP contribution is -2.31. The van der Waals surface area contributed by atoms with E-state index in [0.717, 1.165) is 12.1 Å². The molecule has 1 saturated heterocycles. The van der Waals surface area contributed by atoms with Gasteiger partial charge in [-0.3, -0.25) is 0 Å². The van der Waals surface area contributed by atoms with Crippen molar-refractivity contribution >= 4 is 9.84 Å². The SMILES string of the molecule is O=S(=O)(CCc1cccc(C(F)(F)F)c1)C1CCOCC1. The van der Waals surface area contributed by atoms with Crippen LogP contribution in [0.5, 0.6) is 0 Å². The van der Waals surface area contributed by atoms with Gasteiger partial charge < -0.3 is 4.74 Å². The van der Waals surface area contributed by atoms with Gasteiger partial charge in [0.05, 0.1) is 16.6 Å². The molecule has 0 bridgehead atoms. The highest BCUT2D eigenvalue weighted by molar-refractivity contribution is 7.92. The average Bonchev–Trinajstić information content (AvgIpc) is 2.46. The zero-order valence-electron chi connectivity index (χ0n) is 11.4. The van der Waals surface area contributed by atoms with Crippen LogP contribution in [0, 0.1) is 0 Å². The first-order valence-electron chi connectivity index (χ1n) is 6.74. The molecule has 0 radical (unpaired) electrons. The smallest absolute Gasteiger partial charge is 0.381 e. The van der Waals surface area contributed by atoms with Crippen LogP contribution in [0.2, 0.25) is 0 Å². The van der Waals surface area contributed by atoms with Gasteiger partial charge in [0.15, 0.2) is 9.84 Å². The number of halogens is 3. The van der Waals surface area contributed by atoms with Gasteiger partial charge in [-0.05, 0) is 30.9 Å². The average molecular weight is 322 g/mol. The summed E-state index contributed by atoms with van der Waals surface area (Å²) in [6.45, 7) is 0.848. The Balaban J connectivity index is 2.02. The van der Waals surface area contributed by atoms with Crippen molar-refractivity contribution in [2.24, 2.45) is 0 Å². The molecule has 21 heavy (non-hydrogen) atoms. The maximum atomic E-state index is 12.6. The maximum absolute atomic E-state index is 12.6. The molecule has 2 rings (SSSR count). The van der Waals surface area contributed by atoms with Crippen molar-refractivity contribution in [1.29, 1.82) is 0 Å². The number of aryl methyl sites for hydroxylation is 1. The van der Waals surface area contributed by atoms with E-state index in [2.05, 4.69) is 0 Å². The molecular formula is C14H17F3O3S. The summed E-state index contributed by atoms with van der Waals surface area (Å²) in [6, 6.07) is 4.82. The van der Waals surface area contributed by atoms with Crippen LogP contribution in [-0.4, -0.2) is 32.6 Å². The lowest BCUT2D eigenvalue weighted by molar-refractivity contribution is -0.137. The number of ether oxygens (including phenoxy) is 1. The second kappa shape index (κ2) is 6.36. The molecule has 1 aliphatic heterocycles. The molecule has 1 aliphatic rings. The number of benzene rings is 1. The fourth-order valence-corrected chi connectivity index (χ4v) is 4.13. The summed E-state index contributed by atoms with van der Waals surface area (Å²) in [5.41, 5.74) is -0.357. The van der Waals surface area contributed by atoms with Crippen LogP contribution in [0.15, 0.2) is 24.3 Å². The standard InChI is InChI=1S/C14H17F3O3S/c15-14(16,17)12-3-1-2-11(10-12)6-9-21(18,19)13-4-7-20-8-5-13/h1-3,10,13H,4-9H2. The summed E-state index contributed by atoms with van der Waals surface area (Å²) in [4.78, 5) is 0. The van der Waals surface area contributed by atoms with Crippen LogP contribution in [-0.2, 0) is 27.2 Å². The van der Waals surface area contributed by atoms with Crippen molar-refractivity contribution in [1.82, 2.24) is 0 Å². The van der Waals surface area contributed by atoms with Crippen LogP contribution in [0.1, 0.15) is 24.0 Å². The van der Waals surface area contributed by atoms with Crippen LogP contribution >= 0.6 is 0 Å². The molecule has 0 saturated carbocycles. The highest BCUT2D eigenvalue weighted by Gasteiger charge is 2.31. The van der Waals surface area contributed by atoms with E-state index in [-0.39, 0.29) is 12.2 Å². The second-order valence-corrected chi connectivity index (χ2v) is 7.53. The second-order valence-electron chi connectivity index (χ2n) is 5.13. The van der Waals surface area contributed by atoms with Crippen molar-refractivity contribution in [3.05, 3.63) is 35.4 Å². The molecule has 1 aromatic carbocycles. The quantitative estimate of drug-likeness (QED) is 0.856. The van der Waals surface area contributed by atoms with E-state index in [0.29, 0.717) is 31.6 Å². The Morgan fingerprint density at radius 3 is 2.48 bits per heavy atom. The molecule has 1 aromatic rings. The lowest BCUT2D eigenvalue weighted by atomic mass is 10.1. The predicted molar refractivity (Wildman–Crippen MR) is 72.8 cm³/mol. The highest BCUT2D eigenvalue weighted by atomic mass is 32.2. The summed E-state index contributed by atoms with van der Waals surface area (Å²) in [5, 5.41) is -0.433. The Hall–Kier alpha value is -1.08. The Labute approximate surface area is 122 Å². The Morgan fingerprint density at radius 1 is 1.19 bits per heavy atom. The molecule has 0 aromatic heterocycles. The van der Waals surface area contributed by atoms with Gasteiger partial charge in [-0.2, -0.15) is 13.2 Å². The first-order valence-corrected chi connectivity index (χ1v) is 8.46. The molecule has 118 valence electrons. The molecule has 7 heteroatoms. The van der Waals surface area contributed by atoms with Crippen molar-refractivity contribution in [3.63, 3.8) is 0 Å². The molecule has 0 aliphatic carbocycles. The van der Waals surface area contributed by atoms with Crippen LogP contribution in [0.4, 0.5) is 13.2 Å². The van der Waals surface area contributed by atoms with E-state index in [1.807, 2.05) is 0 Å². The lowest BCUT2D eigenvalue weighted by Gasteiger charge is -2.22. The van der Waals surface area contributed by atoms with Gasteiger partial charge >= 0.3 is 6.18 Å². The number of sulfone groups is 1. The van der Waals surface area contributed by atoms with E-state index < -0.39 is 26.8 Å². The van der Waals surface area contributed by atoms with E-state index in [4.69, 9.17) is 4.74 Å². The molecule has 0 amide bonds. The van der Waals surface area contributed by atoms with Crippen LogP contribution < -0.4 is 0 Å². The molecule has 1 heterocycles. The van der Waals surface area contributed by atoms with E-state index in [1.165, 1.54) is 12.1 Å². The van der Waals surface area contributed by atoms with Crippen LogP contribution in [0.3, 0.4) is 0 Å². The van der Waals surface area contributed by atoms with Gasteiger partial charge in [0.2, 0.25) is 0 Å². The first-order chi connectivity index (χ1) is 9.79. The van der Waals surface area contributed by atoms with Crippen molar-refractivity contribution in [2.75, 3.05) is 19.0 Å². The number of alkyl halides is 3. The maximum Gasteiger partial charge on any atom is 0.416 e. The van der Waals surface area contributed by atoms with E-state index in [1.54, 1.807) is 0 Å². The largest absolute Gasteiger partial charge is 0.416 e. The number of hydrogen-bond donors (Lipinski definition) is 0. The normalized spacial score (nSPS) is 17.9. The third-order valence-corrected chi connectivity index (χ3v) is 5.87. The molecule has 0 unspecified atom stereocenters. The van der Waals surface area contributed by atoms with Crippen molar-refractivity contribution in [3.8, 4) is 0 Å². The fourth-order valence-electron chi connectivity index (χ4n) is 2.37. The first kappa shape index (κ1) is 16.3. The predicted octanol–water partition coefficient (Wildman–Crippen LogP) is 2.84. The fraction of sp³-hybridized carbons (Fsp3) is 0.571. The van der Waals surface area contributed by atoms with Gasteiger partial charge in [-0.25, -0.2) is 8.42 Å². The Morgan fingerprint density at radius 2 is 1.86 bits per heavy atom. The summed E-state index contributed by atoms with van der Waals surface area (Å²) < 4.78 is 67.2. The number of rotatable bonds is 4. The van der Waals surface area contributed by atoms with Crippen LogP contribution in [0.25, 0.3) is 0 Å². The Bertz CT molecular complexity index is 575. The third-order valence-electron chi connectivity index (χ3n) is 3.61. The summed E-state index contributed by atoms with van der Waals surface area (Å²) in [7, 11) is -3.29. The van der Waals surface area contributed by atoms with E-state index in [9.17, 15) is 21.6 Å². The zero-order chi connectivity index (χ0) is 15.5. The van der Waals surface area contributed by atoms with Gasteiger partial charge in [0.1, 0.15) is 0 Å². The van der Waals surface area contributed by atoms with Crippen molar-refractivity contribution in [2.45, 2.75) is 30.7 Å². The van der Waals surface area contributed by atoms with Gasteiger partial charge in [0, 0.05) is 13.2 Å². The van der Waals surface area contributed by atoms with Gasteiger partial charge in [-0.15, -0.1) is 0 Å². The van der Waals surface area contributed by atoms with Gasteiger partial charge in [-0.1, -0.05) is 18.2 Å². The summed E-state index contributed by atoms with van der Waals surface area (Å²) in [5.74, 6) is -0.126. The minimum Gasteiger partial charge on any atom is -0.381 e. The zero-order valence-corrected chi connectivity index (χ0v) is 12.2. The van der Waals surface area contributed by atoms with Crippen molar-refractivity contribution < 1.29 is 26.3 Å². The third kappa shape index (κ3) is 4.44. The van der Waals surface area contributed by atoms with Gasteiger partial charge in [0.25, 0.3) is 0 Å². The van der Waals surface area contributed by atoms with E-state index >= 15 is 0 Å². The topological polar surface area (TPSA) is 43.4 Å².